The van der Waals surface area contributed by atoms with Crippen molar-refractivity contribution in [1.29, 1.82) is 0 Å². The maximum atomic E-state index is 14.1. The molecule has 0 aliphatic carbocycles. The van der Waals surface area contributed by atoms with Gasteiger partial charge in [-0.3, -0.25) is 9.59 Å². The third-order valence-corrected chi connectivity index (χ3v) is 5.67. The molecule has 2 amide bonds. The molecule has 2 aromatic carbocycles. The van der Waals surface area contributed by atoms with Crippen LogP contribution in [0.15, 0.2) is 36.4 Å². The van der Waals surface area contributed by atoms with E-state index in [1.165, 1.54) is 6.07 Å². The van der Waals surface area contributed by atoms with Gasteiger partial charge in [-0.15, -0.1) is 0 Å². The van der Waals surface area contributed by atoms with Crippen molar-refractivity contribution in [3.8, 4) is 0 Å². The fraction of sp³-hybridized carbons (Fsp3) is 0.364. The van der Waals surface area contributed by atoms with Crippen LogP contribution in [0.1, 0.15) is 52.0 Å². The van der Waals surface area contributed by atoms with Crippen LogP contribution in [0.25, 0.3) is 0 Å². The first-order chi connectivity index (χ1) is 13.5. The van der Waals surface area contributed by atoms with E-state index in [0.29, 0.717) is 11.1 Å². The molecule has 0 bridgehead atoms. The number of nitrogens with one attached hydrogen (secondary N) is 1. The van der Waals surface area contributed by atoms with Crippen LogP contribution in [0, 0.1) is 12.7 Å². The second-order valence-corrected chi connectivity index (χ2v) is 7.61. The number of carbonyl (C=O) groups excluding carboxylic acids is 2. The van der Waals surface area contributed by atoms with Crippen molar-refractivity contribution in [2.75, 3.05) is 23.8 Å². The van der Waals surface area contributed by atoms with Crippen molar-refractivity contribution in [3.05, 3.63) is 58.9 Å². The van der Waals surface area contributed by atoms with E-state index in [0.717, 1.165) is 43.5 Å². The van der Waals surface area contributed by atoms with Gasteiger partial charge in [-0.2, -0.15) is 0 Å². The molecule has 2 aliphatic rings. The molecule has 5 nitrogen and oxygen atoms in total. The molecule has 1 unspecified atom stereocenters. The second kappa shape index (κ2) is 7.26. The Hall–Kier alpha value is -2.89. The highest BCUT2D eigenvalue weighted by Gasteiger charge is 2.36. The number of aryl methyl sites for hydroxylation is 1. The smallest absolute Gasteiger partial charge is 0.257 e. The van der Waals surface area contributed by atoms with Crippen LogP contribution >= 0.6 is 0 Å². The first-order valence-electron chi connectivity index (χ1n) is 9.71. The Morgan fingerprint density at radius 1 is 1.14 bits per heavy atom. The van der Waals surface area contributed by atoms with E-state index in [4.69, 9.17) is 0 Å². The molecular weight excluding hydrogens is 357 g/mol. The van der Waals surface area contributed by atoms with Gasteiger partial charge in [-0.05, 0) is 62.1 Å². The third-order valence-electron chi connectivity index (χ3n) is 5.67. The monoisotopic (exact) mass is 381 g/mol. The highest BCUT2D eigenvalue weighted by molar-refractivity contribution is 6.08. The maximum Gasteiger partial charge on any atom is 0.257 e. The molecule has 2 aromatic rings. The van der Waals surface area contributed by atoms with Crippen LogP contribution < -0.4 is 10.2 Å². The van der Waals surface area contributed by atoms with Crippen LogP contribution in [-0.4, -0.2) is 36.5 Å². The molecule has 28 heavy (non-hydrogen) atoms. The standard InChI is InChI=1S/C22H24FN3O2/c1-14-7-10-18(17(23)12-14)24-21(27)15-8-9-16-19(13-15)25(2)20-6-4-3-5-11-26(20)22(16)28/h7-10,12-13,20H,3-6,11H2,1-2H3,(H,24,27). The Bertz CT molecular complexity index is 943. The van der Waals surface area contributed by atoms with Crippen molar-refractivity contribution in [1.82, 2.24) is 4.90 Å². The van der Waals surface area contributed by atoms with E-state index < -0.39 is 11.7 Å². The quantitative estimate of drug-likeness (QED) is 0.849. The summed E-state index contributed by atoms with van der Waals surface area (Å²) in [4.78, 5) is 29.6. The number of hydrogen-bond donors (Lipinski definition) is 1. The van der Waals surface area contributed by atoms with E-state index in [2.05, 4.69) is 10.2 Å². The molecule has 4 rings (SSSR count). The van der Waals surface area contributed by atoms with Gasteiger partial charge in [0.25, 0.3) is 11.8 Å². The zero-order valence-corrected chi connectivity index (χ0v) is 16.2. The van der Waals surface area contributed by atoms with Gasteiger partial charge < -0.3 is 15.1 Å². The highest BCUT2D eigenvalue weighted by atomic mass is 19.1. The Balaban J connectivity index is 1.63. The molecular formula is C22H24FN3O2. The van der Waals surface area contributed by atoms with Crippen molar-refractivity contribution in [3.63, 3.8) is 0 Å². The Labute approximate surface area is 164 Å². The number of carbonyl (C=O) groups is 2. The lowest BCUT2D eigenvalue weighted by Crippen LogP contribution is -2.53. The first kappa shape index (κ1) is 18.5. The zero-order chi connectivity index (χ0) is 19.8. The maximum absolute atomic E-state index is 14.1. The van der Waals surface area contributed by atoms with Crippen LogP contribution in [0.3, 0.4) is 0 Å². The molecule has 1 saturated heterocycles. The van der Waals surface area contributed by atoms with Crippen molar-refractivity contribution >= 4 is 23.2 Å². The minimum atomic E-state index is -0.465. The molecule has 0 spiro atoms. The van der Waals surface area contributed by atoms with Crippen LogP contribution in [-0.2, 0) is 0 Å². The van der Waals surface area contributed by atoms with Gasteiger partial charge in [0.05, 0.1) is 16.9 Å². The molecule has 1 N–H and O–H groups in total. The highest BCUT2D eigenvalue weighted by Crippen LogP contribution is 2.34. The fourth-order valence-corrected chi connectivity index (χ4v) is 4.11. The van der Waals surface area contributed by atoms with E-state index in [1.54, 1.807) is 37.3 Å². The summed E-state index contributed by atoms with van der Waals surface area (Å²) in [5, 5.41) is 2.63. The summed E-state index contributed by atoms with van der Waals surface area (Å²) >= 11 is 0. The Morgan fingerprint density at radius 3 is 2.75 bits per heavy atom. The lowest BCUT2D eigenvalue weighted by molar-refractivity contribution is 0.0661. The minimum absolute atomic E-state index is 0.0235. The average molecular weight is 381 g/mol. The van der Waals surface area contributed by atoms with Crippen molar-refractivity contribution in [2.24, 2.45) is 0 Å². The number of amides is 2. The summed E-state index contributed by atoms with van der Waals surface area (Å²) in [6.45, 7) is 2.56. The largest absolute Gasteiger partial charge is 0.354 e. The summed E-state index contributed by atoms with van der Waals surface area (Å²) < 4.78 is 14.1. The second-order valence-electron chi connectivity index (χ2n) is 7.61. The molecule has 146 valence electrons. The average Bonchev–Trinajstić information content (AvgIpc) is 2.94. The number of nitrogens with zero attached hydrogens (tertiary/aromatic N) is 2. The van der Waals surface area contributed by atoms with Crippen LogP contribution in [0.4, 0.5) is 15.8 Å². The minimum Gasteiger partial charge on any atom is -0.354 e. The summed E-state index contributed by atoms with van der Waals surface area (Å²) in [5.41, 5.74) is 2.70. The topological polar surface area (TPSA) is 52.7 Å². The van der Waals surface area contributed by atoms with Crippen LogP contribution in [0.5, 0.6) is 0 Å². The van der Waals surface area contributed by atoms with Gasteiger partial charge in [0.1, 0.15) is 12.0 Å². The van der Waals surface area contributed by atoms with E-state index in [9.17, 15) is 14.0 Å². The third kappa shape index (κ3) is 3.23. The summed E-state index contributed by atoms with van der Waals surface area (Å²) in [6, 6.07) is 9.75. The number of hydrogen-bond acceptors (Lipinski definition) is 3. The molecule has 0 radical (unpaired) electrons. The first-order valence-corrected chi connectivity index (χ1v) is 9.71. The van der Waals surface area contributed by atoms with Gasteiger partial charge in [0.2, 0.25) is 0 Å². The van der Waals surface area contributed by atoms with Gasteiger partial charge in [-0.1, -0.05) is 12.5 Å². The van der Waals surface area contributed by atoms with Gasteiger partial charge in [0, 0.05) is 19.2 Å². The molecule has 1 fully saturated rings. The lowest BCUT2D eigenvalue weighted by Gasteiger charge is -2.43. The fourth-order valence-electron chi connectivity index (χ4n) is 4.11. The number of halogens is 1. The number of anilines is 2. The molecule has 0 aromatic heterocycles. The summed E-state index contributed by atoms with van der Waals surface area (Å²) in [6.07, 6.45) is 4.18. The van der Waals surface area contributed by atoms with Crippen molar-refractivity contribution < 1.29 is 14.0 Å². The summed E-state index contributed by atoms with van der Waals surface area (Å²) in [7, 11) is 1.97. The molecule has 2 heterocycles. The molecule has 1 atom stereocenters. The van der Waals surface area contributed by atoms with Gasteiger partial charge in [0.15, 0.2) is 0 Å². The van der Waals surface area contributed by atoms with Gasteiger partial charge in [-0.25, -0.2) is 4.39 Å². The predicted octanol–water partition coefficient (Wildman–Crippen LogP) is 4.18. The number of fused-ring (bicyclic) bond motifs is 2. The zero-order valence-electron chi connectivity index (χ0n) is 16.2. The molecule has 0 saturated carbocycles. The normalized spacial score (nSPS) is 19.0. The predicted molar refractivity (Wildman–Crippen MR) is 107 cm³/mol. The van der Waals surface area contributed by atoms with E-state index in [-0.39, 0.29) is 17.8 Å². The van der Waals surface area contributed by atoms with E-state index >= 15 is 0 Å². The van der Waals surface area contributed by atoms with Crippen LogP contribution in [0.2, 0.25) is 0 Å². The SMILES string of the molecule is Cc1ccc(NC(=O)c2ccc3c(c2)N(C)C2CCCCCN2C3=O)c(F)c1. The summed E-state index contributed by atoms with van der Waals surface area (Å²) in [5.74, 6) is -0.834. The number of benzene rings is 2. The lowest BCUT2D eigenvalue weighted by atomic mass is 10.0. The van der Waals surface area contributed by atoms with E-state index in [1.807, 2.05) is 11.9 Å². The molecule has 6 heteroatoms. The number of rotatable bonds is 2. The Morgan fingerprint density at radius 2 is 1.96 bits per heavy atom. The van der Waals surface area contributed by atoms with Crippen molar-refractivity contribution in [2.45, 2.75) is 38.8 Å². The molecule has 2 aliphatic heterocycles. The Kier molecular flexibility index (Phi) is 4.79. The van der Waals surface area contributed by atoms with Gasteiger partial charge >= 0.3 is 0 Å².